The number of benzene rings is 1. The third-order valence-electron chi connectivity index (χ3n) is 4.12. The Hall–Kier alpha value is -2.38. The standard InChI is InChI=1S/C17H21N3O4/c18-16(21)17(22)19-5-3-14-11-20(6-8-23-14)10-12-1-2-15-13(9-12)4-7-24-15/h1-2,4,7,9,14H,3,5-6,8,10-11H2,(H2,18,21)(H,19,22)/t14-/m0/s1. The molecule has 7 nitrogen and oxygen atoms in total. The first-order valence-corrected chi connectivity index (χ1v) is 7.99. The number of nitrogens with one attached hydrogen (secondary N) is 1. The molecule has 0 bridgehead atoms. The van der Waals surface area contributed by atoms with E-state index in [0.717, 1.165) is 30.6 Å². The van der Waals surface area contributed by atoms with Gasteiger partial charge in [0.15, 0.2) is 0 Å². The molecule has 0 aliphatic carbocycles. The number of hydrogen-bond acceptors (Lipinski definition) is 5. The molecule has 1 aliphatic rings. The molecule has 2 heterocycles. The number of carbonyl (C=O) groups is 2. The minimum absolute atomic E-state index is 0.0320. The van der Waals surface area contributed by atoms with Gasteiger partial charge in [0.1, 0.15) is 5.58 Å². The van der Waals surface area contributed by atoms with Crippen LogP contribution in [0.5, 0.6) is 0 Å². The summed E-state index contributed by atoms with van der Waals surface area (Å²) in [5, 5.41) is 3.59. The number of morpholine rings is 1. The third kappa shape index (κ3) is 4.12. The highest BCUT2D eigenvalue weighted by Gasteiger charge is 2.21. The molecular formula is C17H21N3O4. The number of carbonyl (C=O) groups excluding carboxylic acids is 2. The van der Waals surface area contributed by atoms with Crippen molar-refractivity contribution < 1.29 is 18.7 Å². The van der Waals surface area contributed by atoms with Crippen LogP contribution in [-0.4, -0.2) is 49.1 Å². The van der Waals surface area contributed by atoms with Crippen LogP contribution in [0.15, 0.2) is 34.9 Å². The second kappa shape index (κ2) is 7.46. The van der Waals surface area contributed by atoms with Crippen LogP contribution in [0.2, 0.25) is 0 Å². The zero-order chi connectivity index (χ0) is 16.9. The minimum Gasteiger partial charge on any atom is -0.464 e. The predicted octanol–water partition coefficient (Wildman–Crippen LogP) is 0.625. The van der Waals surface area contributed by atoms with E-state index < -0.39 is 11.8 Å². The highest BCUT2D eigenvalue weighted by molar-refractivity contribution is 6.34. The molecule has 3 N–H and O–H groups in total. The number of furan rings is 1. The highest BCUT2D eigenvalue weighted by atomic mass is 16.5. The molecule has 0 saturated carbocycles. The van der Waals surface area contributed by atoms with Crippen molar-refractivity contribution in [2.45, 2.75) is 19.1 Å². The smallest absolute Gasteiger partial charge is 0.309 e. The lowest BCUT2D eigenvalue weighted by Gasteiger charge is -2.33. The van der Waals surface area contributed by atoms with Crippen LogP contribution in [0.1, 0.15) is 12.0 Å². The normalized spacial score (nSPS) is 18.6. The van der Waals surface area contributed by atoms with Crippen molar-refractivity contribution in [2.75, 3.05) is 26.2 Å². The fraction of sp³-hybridized carbons (Fsp3) is 0.412. The average Bonchev–Trinajstić information content (AvgIpc) is 3.02. The Morgan fingerprint density at radius 3 is 3.04 bits per heavy atom. The molecule has 1 atom stereocenters. The number of hydrogen-bond donors (Lipinski definition) is 2. The average molecular weight is 331 g/mol. The van der Waals surface area contributed by atoms with E-state index in [-0.39, 0.29) is 6.10 Å². The molecule has 7 heteroatoms. The van der Waals surface area contributed by atoms with E-state index in [1.165, 1.54) is 5.56 Å². The van der Waals surface area contributed by atoms with E-state index in [1.807, 2.05) is 12.1 Å². The predicted molar refractivity (Wildman–Crippen MR) is 88.1 cm³/mol. The lowest BCUT2D eigenvalue weighted by Crippen LogP contribution is -2.44. The van der Waals surface area contributed by atoms with Crippen LogP contribution < -0.4 is 11.1 Å². The summed E-state index contributed by atoms with van der Waals surface area (Å²) in [5.74, 6) is -1.72. The van der Waals surface area contributed by atoms with Gasteiger partial charge in [-0.2, -0.15) is 0 Å². The van der Waals surface area contributed by atoms with E-state index in [1.54, 1.807) is 6.26 Å². The SMILES string of the molecule is NC(=O)C(=O)NCC[C@H]1CN(Cc2ccc3occc3c2)CCO1. The Labute approximate surface area is 139 Å². The number of nitrogens with two attached hydrogens (primary N) is 1. The number of amides is 2. The molecule has 128 valence electrons. The fourth-order valence-corrected chi connectivity index (χ4v) is 2.91. The molecule has 1 aliphatic heterocycles. The van der Waals surface area contributed by atoms with Crippen molar-refractivity contribution in [3.05, 3.63) is 36.1 Å². The van der Waals surface area contributed by atoms with Crippen LogP contribution in [0, 0.1) is 0 Å². The molecule has 2 aromatic rings. The first-order chi connectivity index (χ1) is 11.6. The molecular weight excluding hydrogens is 310 g/mol. The third-order valence-corrected chi connectivity index (χ3v) is 4.12. The van der Waals surface area contributed by atoms with Crippen molar-refractivity contribution >= 4 is 22.8 Å². The second-order valence-electron chi connectivity index (χ2n) is 5.93. The molecule has 0 spiro atoms. The number of nitrogens with zero attached hydrogens (tertiary/aromatic N) is 1. The Balaban J connectivity index is 1.49. The summed E-state index contributed by atoms with van der Waals surface area (Å²) < 4.78 is 11.1. The number of ether oxygens (including phenoxy) is 1. The first kappa shape index (κ1) is 16.5. The van der Waals surface area contributed by atoms with Gasteiger partial charge in [0.25, 0.3) is 0 Å². The summed E-state index contributed by atoms with van der Waals surface area (Å²) >= 11 is 0. The first-order valence-electron chi connectivity index (χ1n) is 7.99. The topological polar surface area (TPSA) is 97.8 Å². The largest absolute Gasteiger partial charge is 0.464 e. The van der Waals surface area contributed by atoms with E-state index in [2.05, 4.69) is 22.3 Å². The maximum absolute atomic E-state index is 11.1. The number of fused-ring (bicyclic) bond motifs is 1. The van der Waals surface area contributed by atoms with Gasteiger partial charge in [-0.25, -0.2) is 0 Å². The van der Waals surface area contributed by atoms with Crippen molar-refractivity contribution in [3.63, 3.8) is 0 Å². The van der Waals surface area contributed by atoms with Gasteiger partial charge in [-0.05, 0) is 30.2 Å². The summed E-state index contributed by atoms with van der Waals surface area (Å²) in [6.07, 6.45) is 2.38. The molecule has 1 aromatic heterocycles. The zero-order valence-corrected chi connectivity index (χ0v) is 13.4. The summed E-state index contributed by atoms with van der Waals surface area (Å²) in [7, 11) is 0. The minimum atomic E-state index is -0.962. The quantitative estimate of drug-likeness (QED) is 0.783. The van der Waals surface area contributed by atoms with Crippen LogP contribution in [0.3, 0.4) is 0 Å². The summed E-state index contributed by atoms with van der Waals surface area (Å²) in [5.41, 5.74) is 7.02. The summed E-state index contributed by atoms with van der Waals surface area (Å²) in [6.45, 7) is 3.53. The van der Waals surface area contributed by atoms with Crippen LogP contribution in [0.25, 0.3) is 11.0 Å². The van der Waals surface area contributed by atoms with E-state index in [4.69, 9.17) is 14.9 Å². The molecule has 24 heavy (non-hydrogen) atoms. The lowest BCUT2D eigenvalue weighted by atomic mass is 10.1. The Kier molecular flexibility index (Phi) is 5.12. The molecule has 0 radical (unpaired) electrons. The van der Waals surface area contributed by atoms with Gasteiger partial charge in [0.05, 0.1) is 19.0 Å². The van der Waals surface area contributed by atoms with Gasteiger partial charge >= 0.3 is 11.8 Å². The van der Waals surface area contributed by atoms with Gasteiger partial charge in [0, 0.05) is 31.6 Å². The lowest BCUT2D eigenvalue weighted by molar-refractivity contribution is -0.137. The van der Waals surface area contributed by atoms with Gasteiger partial charge in [-0.1, -0.05) is 6.07 Å². The van der Waals surface area contributed by atoms with Crippen LogP contribution in [-0.2, 0) is 20.9 Å². The van der Waals surface area contributed by atoms with E-state index in [0.29, 0.717) is 19.6 Å². The van der Waals surface area contributed by atoms with E-state index >= 15 is 0 Å². The van der Waals surface area contributed by atoms with Crippen molar-refractivity contribution in [1.29, 1.82) is 0 Å². The maximum atomic E-state index is 11.1. The Morgan fingerprint density at radius 1 is 1.33 bits per heavy atom. The van der Waals surface area contributed by atoms with Gasteiger partial charge in [-0.3, -0.25) is 14.5 Å². The molecule has 1 aromatic carbocycles. The summed E-state index contributed by atoms with van der Waals surface area (Å²) in [6, 6.07) is 8.16. The second-order valence-corrected chi connectivity index (χ2v) is 5.93. The van der Waals surface area contributed by atoms with E-state index in [9.17, 15) is 9.59 Å². The zero-order valence-electron chi connectivity index (χ0n) is 13.4. The fourth-order valence-electron chi connectivity index (χ4n) is 2.91. The van der Waals surface area contributed by atoms with Crippen molar-refractivity contribution in [3.8, 4) is 0 Å². The summed E-state index contributed by atoms with van der Waals surface area (Å²) in [4.78, 5) is 24.1. The molecule has 1 saturated heterocycles. The van der Waals surface area contributed by atoms with Crippen molar-refractivity contribution in [1.82, 2.24) is 10.2 Å². The van der Waals surface area contributed by atoms with Crippen LogP contribution >= 0.6 is 0 Å². The number of rotatable bonds is 5. The van der Waals surface area contributed by atoms with Gasteiger partial charge < -0.3 is 20.2 Å². The Bertz CT molecular complexity index is 727. The monoisotopic (exact) mass is 331 g/mol. The molecule has 1 fully saturated rings. The molecule has 2 amide bonds. The van der Waals surface area contributed by atoms with Crippen LogP contribution in [0.4, 0.5) is 0 Å². The van der Waals surface area contributed by atoms with Crippen molar-refractivity contribution in [2.24, 2.45) is 5.73 Å². The molecule has 3 rings (SSSR count). The number of primary amides is 1. The van der Waals surface area contributed by atoms with Gasteiger partial charge in [0.2, 0.25) is 0 Å². The van der Waals surface area contributed by atoms with Gasteiger partial charge in [-0.15, -0.1) is 0 Å². The maximum Gasteiger partial charge on any atom is 0.309 e. The highest BCUT2D eigenvalue weighted by Crippen LogP contribution is 2.19. The Morgan fingerprint density at radius 2 is 2.21 bits per heavy atom. The molecule has 0 unspecified atom stereocenters.